The molecule has 22 heteroatoms. The Hall–Kier alpha value is -4.51. The number of aromatic nitrogens is 4. The largest absolute Gasteiger partial charge is 0.387 e. The smallest absolute Gasteiger partial charge is 0.240 e. The Labute approximate surface area is 273 Å². The maximum Gasteiger partial charge on any atom is 0.240 e. The van der Waals surface area contributed by atoms with E-state index in [4.69, 9.17) is 39.1 Å². The maximum atomic E-state index is 12.2. The number of nitrogens with zero attached hydrogens (tertiary/aromatic N) is 6. The highest BCUT2D eigenvalue weighted by molar-refractivity contribution is 7.99. The van der Waals surface area contributed by atoms with Crippen LogP contribution in [0.2, 0.25) is 0 Å². The number of amides is 3. The molecular weight excluding hydrogens is 638 g/mol. The minimum atomic E-state index is -1.21. The highest BCUT2D eigenvalue weighted by Crippen LogP contribution is 2.33. The van der Waals surface area contributed by atoms with Crippen molar-refractivity contribution < 1.29 is 29.3 Å². The van der Waals surface area contributed by atoms with E-state index in [1.165, 1.54) is 29.0 Å². The summed E-state index contributed by atoms with van der Waals surface area (Å²) in [5, 5.41) is 28.9. The molecule has 0 spiro atoms. The molecule has 3 amide bonds. The molecule has 0 bridgehead atoms. The number of carbonyl (C=O) groups is 3. The van der Waals surface area contributed by atoms with Crippen LogP contribution in [-0.4, -0.2) is 127 Å². The lowest BCUT2D eigenvalue weighted by atomic mass is 10.1. The molecule has 0 radical (unpaired) electrons. The van der Waals surface area contributed by atoms with Crippen LogP contribution in [0.25, 0.3) is 11.2 Å². The second kappa shape index (κ2) is 18.0. The van der Waals surface area contributed by atoms with Gasteiger partial charge in [0.2, 0.25) is 17.7 Å². The van der Waals surface area contributed by atoms with E-state index in [1.807, 2.05) is 0 Å². The fourth-order valence-corrected chi connectivity index (χ4v) is 5.37. The molecule has 3 rings (SSSR count). The van der Waals surface area contributed by atoms with Crippen molar-refractivity contribution in [3.8, 4) is 0 Å². The Balaban J connectivity index is 1.32. The molecule has 21 nitrogen and oxygen atoms in total. The molecule has 1 fully saturated rings. The van der Waals surface area contributed by atoms with E-state index in [9.17, 15) is 24.6 Å². The SMILES string of the molecule is NC(=O)[C@@H](CCN=C(N)NCCSC[C@H]1O[C@@H](n2cnc3c(N)ncnc32)[C@H](O)[C@@H]1O)NC(=O)CNC(=O)[C@@H](N)CCCN=C(N)N. The number of anilines is 1. The standard InChI is InChI=1S/C25H43N15O6S/c26-12(2-1-4-32-24(29)30)22(45)35-8-15(41)39-13(20(28)44)3-5-33-25(31)34-6-7-47-9-14-17(42)18(43)23(46-14)40-11-38-16-19(27)36-10-37-21(16)40/h10-14,17-18,23,42-43H,1-9,26H2,(H2,28,44)(H,35,45)(H,39,41)(H2,27,36,37)(H4,29,30,32)(H3,31,33,34)/t12-,13+,14+,17+,18+,23+/m0/s1. The second-order valence-corrected chi connectivity index (χ2v) is 11.6. The molecule has 1 aliphatic rings. The highest BCUT2D eigenvalue weighted by atomic mass is 32.2. The predicted octanol–water partition coefficient (Wildman–Crippen LogP) is -5.48. The van der Waals surface area contributed by atoms with Crippen LogP contribution in [-0.2, 0) is 19.1 Å². The van der Waals surface area contributed by atoms with E-state index in [0.29, 0.717) is 48.6 Å². The van der Waals surface area contributed by atoms with Gasteiger partial charge in [0.05, 0.1) is 25.0 Å². The van der Waals surface area contributed by atoms with E-state index in [-0.39, 0.29) is 30.7 Å². The van der Waals surface area contributed by atoms with Gasteiger partial charge in [0.25, 0.3) is 0 Å². The van der Waals surface area contributed by atoms with Gasteiger partial charge in [0, 0.05) is 31.1 Å². The van der Waals surface area contributed by atoms with Crippen molar-refractivity contribution in [3.05, 3.63) is 12.7 Å². The van der Waals surface area contributed by atoms with Crippen LogP contribution >= 0.6 is 11.8 Å². The van der Waals surface area contributed by atoms with Crippen LogP contribution in [0, 0.1) is 0 Å². The fraction of sp³-hybridized carbons (Fsp3) is 0.600. The van der Waals surface area contributed by atoms with Crippen molar-refractivity contribution in [1.82, 2.24) is 35.5 Å². The Morgan fingerprint density at radius 2 is 1.81 bits per heavy atom. The number of primary amides is 1. The topological polar surface area (TPSA) is 361 Å². The molecule has 1 saturated heterocycles. The van der Waals surface area contributed by atoms with Crippen LogP contribution in [0.5, 0.6) is 0 Å². The zero-order valence-electron chi connectivity index (χ0n) is 25.6. The first-order chi connectivity index (χ1) is 22.4. The summed E-state index contributed by atoms with van der Waals surface area (Å²) in [4.78, 5) is 56.3. The van der Waals surface area contributed by atoms with Crippen molar-refractivity contribution in [2.75, 3.05) is 43.4 Å². The molecule has 260 valence electrons. The van der Waals surface area contributed by atoms with Crippen LogP contribution in [0.4, 0.5) is 5.82 Å². The number of guanidine groups is 2. The highest BCUT2D eigenvalue weighted by Gasteiger charge is 2.44. The summed E-state index contributed by atoms with van der Waals surface area (Å²) < 4.78 is 7.43. The van der Waals surface area contributed by atoms with Crippen LogP contribution in [0.3, 0.4) is 0 Å². The second-order valence-electron chi connectivity index (χ2n) is 10.5. The minimum absolute atomic E-state index is 0.0572. The number of aliphatic imine (C=N–C) groups is 2. The van der Waals surface area contributed by atoms with Gasteiger partial charge in [-0.1, -0.05) is 0 Å². The van der Waals surface area contributed by atoms with E-state index < -0.39 is 60.9 Å². The summed E-state index contributed by atoms with van der Waals surface area (Å²) in [6.45, 7) is 0.414. The first-order valence-corrected chi connectivity index (χ1v) is 15.8. The number of imidazole rings is 1. The quantitative estimate of drug-likeness (QED) is 0.0397. The van der Waals surface area contributed by atoms with E-state index in [0.717, 1.165) is 0 Å². The molecule has 0 aromatic carbocycles. The number of aliphatic hydroxyl groups is 2. The Bertz CT molecular complexity index is 1420. The Morgan fingerprint density at radius 1 is 1.04 bits per heavy atom. The van der Waals surface area contributed by atoms with Gasteiger partial charge in [-0.15, -0.1) is 0 Å². The number of nitrogens with two attached hydrogens (primary N) is 6. The van der Waals surface area contributed by atoms with Gasteiger partial charge in [-0.2, -0.15) is 11.8 Å². The van der Waals surface area contributed by atoms with Crippen molar-refractivity contribution >= 4 is 58.4 Å². The van der Waals surface area contributed by atoms with Gasteiger partial charge in [-0.25, -0.2) is 15.0 Å². The lowest BCUT2D eigenvalue weighted by Gasteiger charge is -2.16. The molecule has 3 heterocycles. The number of rotatable bonds is 18. The molecular formula is C25H43N15O6S. The van der Waals surface area contributed by atoms with Gasteiger partial charge in [0.15, 0.2) is 29.6 Å². The van der Waals surface area contributed by atoms with Crippen LogP contribution in [0.15, 0.2) is 22.6 Å². The number of ether oxygens (including phenoxy) is 1. The van der Waals surface area contributed by atoms with Crippen molar-refractivity contribution in [1.29, 1.82) is 0 Å². The number of thioether (sulfide) groups is 1. The van der Waals surface area contributed by atoms with Crippen molar-refractivity contribution in [3.63, 3.8) is 0 Å². The molecule has 2 aromatic rings. The zero-order chi connectivity index (χ0) is 34.5. The van der Waals surface area contributed by atoms with E-state index in [1.54, 1.807) is 0 Å². The lowest BCUT2D eigenvalue weighted by molar-refractivity contribution is -0.129. The molecule has 0 saturated carbocycles. The van der Waals surface area contributed by atoms with Crippen molar-refractivity contribution in [2.24, 2.45) is 38.7 Å². The molecule has 2 aromatic heterocycles. The number of aliphatic hydroxyl groups excluding tert-OH is 2. The maximum absolute atomic E-state index is 12.2. The van der Waals surface area contributed by atoms with Gasteiger partial charge in [0.1, 0.15) is 30.1 Å². The molecule has 1 aliphatic heterocycles. The minimum Gasteiger partial charge on any atom is -0.387 e. The molecule has 17 N–H and O–H groups in total. The monoisotopic (exact) mass is 681 g/mol. The Kier molecular flexibility index (Phi) is 14.1. The Morgan fingerprint density at radius 3 is 2.53 bits per heavy atom. The fourth-order valence-electron chi connectivity index (χ4n) is 4.45. The summed E-state index contributed by atoms with van der Waals surface area (Å²) >= 11 is 1.46. The summed E-state index contributed by atoms with van der Waals surface area (Å²) in [6.07, 6.45) is -0.342. The number of nitrogen functional groups attached to an aromatic ring is 1. The van der Waals surface area contributed by atoms with Crippen LogP contribution in [0.1, 0.15) is 25.5 Å². The summed E-state index contributed by atoms with van der Waals surface area (Å²) in [6, 6.07) is -1.90. The normalized spacial score (nSPS) is 20.8. The third-order valence-corrected chi connectivity index (χ3v) is 8.00. The molecule has 0 aliphatic carbocycles. The first kappa shape index (κ1) is 37.0. The van der Waals surface area contributed by atoms with E-state index in [2.05, 4.69) is 40.9 Å². The van der Waals surface area contributed by atoms with Gasteiger partial charge in [-0.05, 0) is 19.3 Å². The number of nitrogens with one attached hydrogen (secondary N) is 3. The average molecular weight is 682 g/mol. The summed E-state index contributed by atoms with van der Waals surface area (Å²) in [5.41, 5.74) is 34.1. The number of fused-ring (bicyclic) bond motifs is 1. The number of hydrogen-bond donors (Lipinski definition) is 11. The summed E-state index contributed by atoms with van der Waals surface area (Å²) in [5.74, 6) is -0.760. The zero-order valence-corrected chi connectivity index (χ0v) is 26.4. The van der Waals surface area contributed by atoms with Gasteiger partial charge >= 0.3 is 0 Å². The molecule has 0 unspecified atom stereocenters. The van der Waals surface area contributed by atoms with Gasteiger partial charge < -0.3 is 65.3 Å². The predicted molar refractivity (Wildman–Crippen MR) is 174 cm³/mol. The molecule has 6 atom stereocenters. The third kappa shape index (κ3) is 11.1. The van der Waals surface area contributed by atoms with E-state index >= 15 is 0 Å². The third-order valence-electron chi connectivity index (χ3n) is 6.94. The average Bonchev–Trinajstić information content (AvgIpc) is 3.58. The lowest BCUT2D eigenvalue weighted by Crippen LogP contribution is -2.50. The molecule has 47 heavy (non-hydrogen) atoms. The van der Waals surface area contributed by atoms with Gasteiger partial charge in [-0.3, -0.25) is 28.9 Å². The number of carbonyl (C=O) groups excluding carboxylic acids is 3. The number of hydrogen-bond acceptors (Lipinski definition) is 14. The van der Waals surface area contributed by atoms with Crippen molar-refractivity contribution in [2.45, 2.75) is 55.9 Å². The van der Waals surface area contributed by atoms with Crippen LogP contribution < -0.4 is 50.4 Å². The first-order valence-electron chi connectivity index (χ1n) is 14.6. The summed E-state index contributed by atoms with van der Waals surface area (Å²) in [7, 11) is 0.